The van der Waals surface area contributed by atoms with E-state index in [2.05, 4.69) is 5.10 Å². The van der Waals surface area contributed by atoms with Crippen LogP contribution >= 0.6 is 0 Å². The number of benzene rings is 1. The highest BCUT2D eigenvalue weighted by Gasteiger charge is 2.19. The summed E-state index contributed by atoms with van der Waals surface area (Å²) >= 11 is 0. The van der Waals surface area contributed by atoms with Gasteiger partial charge in [-0.15, -0.1) is 0 Å². The van der Waals surface area contributed by atoms with Crippen LogP contribution in [-0.4, -0.2) is 20.3 Å². The number of carbonyl (C=O) groups is 1. The van der Waals surface area contributed by atoms with Crippen LogP contribution in [0.3, 0.4) is 0 Å². The van der Waals surface area contributed by atoms with Crippen LogP contribution in [0.25, 0.3) is 10.9 Å². The summed E-state index contributed by atoms with van der Waals surface area (Å²) < 4.78 is 3.46. The summed E-state index contributed by atoms with van der Waals surface area (Å²) in [7, 11) is 1.96. The standard InChI is InChI=1S/C16H18N4O/c1-10-14(9-17)11(2)20(18-10)16(21)13-5-4-6-15-12(13)7-8-19(15)3/h4-8H,9,17H2,1-3H3. The van der Waals surface area contributed by atoms with Crippen molar-refractivity contribution in [2.24, 2.45) is 12.8 Å². The molecule has 0 unspecified atom stereocenters. The Morgan fingerprint density at radius 1 is 1.29 bits per heavy atom. The molecule has 2 heterocycles. The quantitative estimate of drug-likeness (QED) is 0.783. The molecular weight excluding hydrogens is 264 g/mol. The van der Waals surface area contributed by atoms with E-state index in [4.69, 9.17) is 5.73 Å². The Hall–Kier alpha value is -2.40. The molecule has 3 rings (SSSR count). The lowest BCUT2D eigenvalue weighted by Crippen LogP contribution is -2.16. The van der Waals surface area contributed by atoms with E-state index in [0.717, 1.165) is 27.9 Å². The highest BCUT2D eigenvalue weighted by molar-refractivity contribution is 6.07. The van der Waals surface area contributed by atoms with Gasteiger partial charge in [0, 0.05) is 41.9 Å². The van der Waals surface area contributed by atoms with Crippen LogP contribution in [0.4, 0.5) is 0 Å². The topological polar surface area (TPSA) is 65.8 Å². The third kappa shape index (κ3) is 1.97. The van der Waals surface area contributed by atoms with E-state index in [1.807, 2.05) is 55.9 Å². The zero-order valence-electron chi connectivity index (χ0n) is 12.4. The third-order valence-electron chi connectivity index (χ3n) is 4.00. The lowest BCUT2D eigenvalue weighted by molar-refractivity contribution is 0.0944. The number of carbonyl (C=O) groups excluding carboxylic acids is 1. The number of rotatable bonds is 2. The molecule has 5 nitrogen and oxygen atoms in total. The SMILES string of the molecule is Cc1nn(C(=O)c2cccc3c2ccn3C)c(C)c1CN. The minimum absolute atomic E-state index is 0.118. The first-order chi connectivity index (χ1) is 10.0. The summed E-state index contributed by atoms with van der Waals surface area (Å²) in [4.78, 5) is 12.8. The van der Waals surface area contributed by atoms with E-state index in [1.54, 1.807) is 0 Å². The molecule has 0 radical (unpaired) electrons. The molecule has 5 heteroatoms. The predicted molar refractivity (Wildman–Crippen MR) is 82.2 cm³/mol. The second kappa shape index (κ2) is 4.86. The normalized spacial score (nSPS) is 11.2. The number of aryl methyl sites for hydroxylation is 2. The van der Waals surface area contributed by atoms with Crippen LogP contribution < -0.4 is 5.73 Å². The molecular formula is C16H18N4O. The lowest BCUT2D eigenvalue weighted by atomic mass is 10.1. The summed E-state index contributed by atoms with van der Waals surface area (Å²) in [6.45, 7) is 4.15. The fraction of sp³-hybridized carbons (Fsp3) is 0.250. The maximum atomic E-state index is 12.8. The summed E-state index contributed by atoms with van der Waals surface area (Å²) in [5, 5.41) is 5.29. The van der Waals surface area contributed by atoms with Crippen molar-refractivity contribution in [3.8, 4) is 0 Å². The third-order valence-corrected chi connectivity index (χ3v) is 4.00. The van der Waals surface area contributed by atoms with Gasteiger partial charge in [0.25, 0.3) is 5.91 Å². The van der Waals surface area contributed by atoms with E-state index in [1.165, 1.54) is 4.68 Å². The van der Waals surface area contributed by atoms with Gasteiger partial charge in [0.05, 0.1) is 11.3 Å². The maximum Gasteiger partial charge on any atom is 0.279 e. The number of hydrogen-bond acceptors (Lipinski definition) is 3. The van der Waals surface area contributed by atoms with Crippen molar-refractivity contribution in [1.29, 1.82) is 0 Å². The average Bonchev–Trinajstić information content (AvgIpc) is 2.99. The second-order valence-electron chi connectivity index (χ2n) is 5.24. The van der Waals surface area contributed by atoms with Crippen molar-refractivity contribution in [3.63, 3.8) is 0 Å². The Morgan fingerprint density at radius 2 is 2.05 bits per heavy atom. The van der Waals surface area contributed by atoms with Crippen LogP contribution in [0.5, 0.6) is 0 Å². The highest BCUT2D eigenvalue weighted by Crippen LogP contribution is 2.22. The molecule has 0 amide bonds. The van der Waals surface area contributed by atoms with Crippen LogP contribution in [0.15, 0.2) is 30.5 Å². The van der Waals surface area contributed by atoms with Crippen molar-refractivity contribution in [3.05, 3.63) is 53.0 Å². The Bertz CT molecular complexity index is 841. The molecule has 0 aliphatic carbocycles. The van der Waals surface area contributed by atoms with Crippen molar-refractivity contribution < 1.29 is 4.79 Å². The van der Waals surface area contributed by atoms with Gasteiger partial charge >= 0.3 is 0 Å². The van der Waals surface area contributed by atoms with Crippen LogP contribution in [0, 0.1) is 13.8 Å². The van der Waals surface area contributed by atoms with E-state index in [-0.39, 0.29) is 5.91 Å². The molecule has 0 fully saturated rings. The number of fused-ring (bicyclic) bond motifs is 1. The Labute approximate surface area is 123 Å². The Morgan fingerprint density at radius 3 is 2.71 bits per heavy atom. The molecule has 0 aliphatic heterocycles. The van der Waals surface area contributed by atoms with Gasteiger partial charge in [-0.1, -0.05) is 6.07 Å². The second-order valence-corrected chi connectivity index (χ2v) is 5.24. The molecule has 0 bridgehead atoms. The molecule has 3 aromatic rings. The maximum absolute atomic E-state index is 12.8. The average molecular weight is 282 g/mol. The molecule has 0 aliphatic rings. The molecule has 2 aromatic heterocycles. The van der Waals surface area contributed by atoms with E-state index in [9.17, 15) is 4.79 Å². The van der Waals surface area contributed by atoms with Crippen LogP contribution in [0.1, 0.15) is 27.3 Å². The van der Waals surface area contributed by atoms with E-state index < -0.39 is 0 Å². The number of nitrogens with two attached hydrogens (primary N) is 1. The monoisotopic (exact) mass is 282 g/mol. The van der Waals surface area contributed by atoms with Crippen LogP contribution in [0.2, 0.25) is 0 Å². The molecule has 0 saturated carbocycles. The van der Waals surface area contributed by atoms with E-state index >= 15 is 0 Å². The molecule has 2 N–H and O–H groups in total. The molecule has 21 heavy (non-hydrogen) atoms. The van der Waals surface area contributed by atoms with Crippen LogP contribution in [-0.2, 0) is 13.6 Å². The fourth-order valence-electron chi connectivity index (χ4n) is 2.77. The first-order valence-corrected chi connectivity index (χ1v) is 6.88. The van der Waals surface area contributed by atoms with Crippen molar-refractivity contribution in [2.75, 3.05) is 0 Å². The number of aromatic nitrogens is 3. The van der Waals surface area contributed by atoms with Gasteiger partial charge in [0.2, 0.25) is 0 Å². The van der Waals surface area contributed by atoms with Gasteiger partial charge in [-0.2, -0.15) is 5.10 Å². The smallest absolute Gasteiger partial charge is 0.279 e. The molecule has 0 spiro atoms. The van der Waals surface area contributed by atoms with Crippen molar-refractivity contribution in [1.82, 2.24) is 14.3 Å². The number of hydrogen-bond donors (Lipinski definition) is 1. The zero-order chi connectivity index (χ0) is 15.1. The largest absolute Gasteiger partial charge is 0.351 e. The lowest BCUT2D eigenvalue weighted by Gasteiger charge is -2.06. The number of nitrogens with zero attached hydrogens (tertiary/aromatic N) is 3. The van der Waals surface area contributed by atoms with E-state index in [0.29, 0.717) is 12.1 Å². The Balaban J connectivity index is 2.17. The van der Waals surface area contributed by atoms with Gasteiger partial charge in [-0.05, 0) is 32.0 Å². The molecule has 0 saturated heterocycles. The van der Waals surface area contributed by atoms with Gasteiger partial charge in [-0.25, -0.2) is 4.68 Å². The predicted octanol–water partition coefficient (Wildman–Crippen LogP) is 2.14. The van der Waals surface area contributed by atoms with Crippen molar-refractivity contribution >= 4 is 16.8 Å². The fourth-order valence-corrected chi connectivity index (χ4v) is 2.77. The van der Waals surface area contributed by atoms with Crippen molar-refractivity contribution in [2.45, 2.75) is 20.4 Å². The first kappa shape index (κ1) is 13.6. The van der Waals surface area contributed by atoms with Gasteiger partial charge in [-0.3, -0.25) is 4.79 Å². The summed E-state index contributed by atoms with van der Waals surface area (Å²) in [6.07, 6.45) is 1.95. The summed E-state index contributed by atoms with van der Waals surface area (Å²) in [5.41, 5.74) is 9.97. The highest BCUT2D eigenvalue weighted by atomic mass is 16.2. The van der Waals surface area contributed by atoms with Gasteiger partial charge in [0.1, 0.15) is 0 Å². The first-order valence-electron chi connectivity index (χ1n) is 6.88. The Kier molecular flexibility index (Phi) is 3.14. The van der Waals surface area contributed by atoms with Gasteiger partial charge < -0.3 is 10.3 Å². The molecule has 0 atom stereocenters. The van der Waals surface area contributed by atoms with Gasteiger partial charge in [0.15, 0.2) is 0 Å². The minimum atomic E-state index is -0.118. The minimum Gasteiger partial charge on any atom is -0.351 e. The molecule has 1 aromatic carbocycles. The summed E-state index contributed by atoms with van der Waals surface area (Å²) in [6, 6.07) is 7.69. The molecule has 108 valence electrons. The zero-order valence-corrected chi connectivity index (χ0v) is 12.4. The summed E-state index contributed by atoms with van der Waals surface area (Å²) in [5.74, 6) is -0.118.